The Balaban J connectivity index is 1.94. The van der Waals surface area contributed by atoms with Gasteiger partial charge in [-0.25, -0.2) is 14.7 Å². The Morgan fingerprint density at radius 2 is 2.24 bits per heavy atom. The number of anilines is 2. The number of hydrogen-bond acceptors (Lipinski definition) is 6. The Kier molecular flexibility index (Phi) is 2.07. The van der Waals surface area contributed by atoms with Crippen molar-refractivity contribution < 1.29 is 19.1 Å². The predicted molar refractivity (Wildman–Crippen MR) is 54.9 cm³/mol. The van der Waals surface area contributed by atoms with Gasteiger partial charge in [-0.1, -0.05) is 0 Å². The molecule has 8 nitrogen and oxygen atoms in total. The monoisotopic (exact) mass is 236 g/mol. The third-order valence-electron chi connectivity index (χ3n) is 2.36. The topological polar surface area (TPSA) is 93.6 Å². The lowest BCUT2D eigenvalue weighted by Gasteiger charge is -2.18. The van der Waals surface area contributed by atoms with Gasteiger partial charge in [0.25, 0.3) is 5.91 Å². The summed E-state index contributed by atoms with van der Waals surface area (Å²) in [7, 11) is 0. The number of fused-ring (bicyclic) bond motifs is 1. The Hall–Kier alpha value is -2.38. The molecule has 0 aromatic carbocycles. The molecule has 0 saturated carbocycles. The van der Waals surface area contributed by atoms with Gasteiger partial charge >= 0.3 is 6.09 Å². The summed E-state index contributed by atoms with van der Waals surface area (Å²) in [4.78, 5) is 31.8. The molecule has 1 aromatic heterocycles. The summed E-state index contributed by atoms with van der Waals surface area (Å²) in [5, 5.41) is 2.54. The van der Waals surface area contributed by atoms with Crippen LogP contribution in [-0.2, 0) is 9.53 Å². The Morgan fingerprint density at radius 3 is 3.00 bits per heavy atom. The summed E-state index contributed by atoms with van der Waals surface area (Å²) in [5.41, 5.74) is 0. The number of ether oxygens (including phenoxy) is 2. The van der Waals surface area contributed by atoms with Crippen molar-refractivity contribution in [2.75, 3.05) is 30.0 Å². The van der Waals surface area contributed by atoms with E-state index in [0.717, 1.165) is 0 Å². The van der Waals surface area contributed by atoms with Gasteiger partial charge in [-0.3, -0.25) is 4.79 Å². The maximum absolute atomic E-state index is 11.3. The highest BCUT2D eigenvalue weighted by molar-refractivity contribution is 5.94. The quantitative estimate of drug-likeness (QED) is 0.723. The molecule has 3 rings (SSSR count). The fourth-order valence-electron chi connectivity index (χ4n) is 1.57. The predicted octanol–water partition coefficient (Wildman–Crippen LogP) is -0.236. The number of nitrogens with zero attached hydrogens (tertiary/aromatic N) is 3. The van der Waals surface area contributed by atoms with E-state index in [0.29, 0.717) is 18.9 Å². The normalized spacial score (nSPS) is 18.2. The van der Waals surface area contributed by atoms with Crippen molar-refractivity contribution in [2.45, 2.75) is 0 Å². The van der Waals surface area contributed by atoms with Crippen molar-refractivity contribution >= 4 is 23.8 Å². The van der Waals surface area contributed by atoms with Crippen LogP contribution in [0.15, 0.2) is 6.20 Å². The molecule has 2 aliphatic heterocycles. The van der Waals surface area contributed by atoms with Gasteiger partial charge in [0, 0.05) is 0 Å². The van der Waals surface area contributed by atoms with Gasteiger partial charge in [-0.15, -0.1) is 0 Å². The highest BCUT2D eigenvalue weighted by atomic mass is 16.6. The second kappa shape index (κ2) is 3.58. The Morgan fingerprint density at radius 1 is 1.35 bits per heavy atom. The van der Waals surface area contributed by atoms with Crippen molar-refractivity contribution in [1.82, 2.24) is 9.97 Å². The number of aromatic nitrogens is 2. The minimum atomic E-state index is -0.493. The van der Waals surface area contributed by atoms with Crippen LogP contribution in [-0.4, -0.2) is 41.7 Å². The molecule has 0 atom stereocenters. The van der Waals surface area contributed by atoms with Crippen LogP contribution in [0.25, 0.3) is 0 Å². The summed E-state index contributed by atoms with van der Waals surface area (Å²) in [6, 6.07) is 0. The third-order valence-corrected chi connectivity index (χ3v) is 2.36. The second-order valence-electron chi connectivity index (χ2n) is 3.49. The van der Waals surface area contributed by atoms with Crippen LogP contribution in [0.5, 0.6) is 5.75 Å². The zero-order valence-corrected chi connectivity index (χ0v) is 8.67. The van der Waals surface area contributed by atoms with Gasteiger partial charge in [0.2, 0.25) is 5.95 Å². The lowest BCUT2D eigenvalue weighted by molar-refractivity contribution is -0.118. The average Bonchev–Trinajstić information content (AvgIpc) is 2.74. The summed E-state index contributed by atoms with van der Waals surface area (Å²) in [6.07, 6.45) is 0.927. The average molecular weight is 236 g/mol. The van der Waals surface area contributed by atoms with Gasteiger partial charge in [-0.05, 0) is 0 Å². The molecule has 0 radical (unpaired) electrons. The molecule has 88 valence electrons. The molecule has 1 fully saturated rings. The molecular formula is C9H8N4O4. The lowest BCUT2D eigenvalue weighted by atomic mass is 10.4. The molecule has 0 spiro atoms. The molecule has 8 heteroatoms. The van der Waals surface area contributed by atoms with Gasteiger partial charge in [0.05, 0.1) is 12.7 Å². The fourth-order valence-corrected chi connectivity index (χ4v) is 1.57. The molecule has 1 aromatic rings. The first-order chi connectivity index (χ1) is 8.24. The molecule has 0 unspecified atom stereocenters. The van der Waals surface area contributed by atoms with Crippen LogP contribution in [0, 0.1) is 0 Å². The molecule has 1 saturated heterocycles. The standard InChI is InChI=1S/C9H8N4O4/c14-6-4-17-5-3-10-8(12-7(5)11-6)13-1-2-16-9(13)15/h3H,1-2,4H2,(H,10,11,12,14). The number of hydrogen-bond donors (Lipinski definition) is 1. The number of carbonyl (C=O) groups is 2. The van der Waals surface area contributed by atoms with E-state index in [1.54, 1.807) is 0 Å². The Bertz CT molecular complexity index is 504. The van der Waals surface area contributed by atoms with E-state index in [1.807, 2.05) is 0 Å². The minimum absolute atomic E-state index is 0.0541. The van der Waals surface area contributed by atoms with E-state index in [4.69, 9.17) is 9.47 Å². The molecule has 0 aliphatic carbocycles. The maximum atomic E-state index is 11.3. The smallest absolute Gasteiger partial charge is 0.416 e. The first kappa shape index (κ1) is 9.82. The van der Waals surface area contributed by atoms with Crippen LogP contribution in [0.4, 0.5) is 16.6 Å². The zero-order valence-electron chi connectivity index (χ0n) is 8.67. The SMILES string of the molecule is O=C1COc2cnc(N3CCOC3=O)nc2N1. The van der Waals surface area contributed by atoms with Crippen molar-refractivity contribution in [3.63, 3.8) is 0 Å². The van der Waals surface area contributed by atoms with Crippen molar-refractivity contribution in [3.8, 4) is 5.75 Å². The van der Waals surface area contributed by atoms with Crippen LogP contribution in [0.1, 0.15) is 0 Å². The number of carbonyl (C=O) groups excluding carboxylic acids is 2. The number of rotatable bonds is 1. The molecule has 0 bridgehead atoms. The van der Waals surface area contributed by atoms with E-state index < -0.39 is 6.09 Å². The highest BCUT2D eigenvalue weighted by Gasteiger charge is 2.28. The number of cyclic esters (lactones) is 1. The van der Waals surface area contributed by atoms with E-state index in [2.05, 4.69) is 15.3 Å². The van der Waals surface area contributed by atoms with Crippen molar-refractivity contribution in [1.29, 1.82) is 0 Å². The molecule has 1 N–H and O–H groups in total. The lowest BCUT2D eigenvalue weighted by Crippen LogP contribution is -2.29. The minimum Gasteiger partial charge on any atom is -0.478 e. The third kappa shape index (κ3) is 1.63. The van der Waals surface area contributed by atoms with Gasteiger partial charge in [0.15, 0.2) is 18.2 Å². The second-order valence-corrected chi connectivity index (χ2v) is 3.49. The van der Waals surface area contributed by atoms with Crippen LogP contribution < -0.4 is 15.0 Å². The highest BCUT2D eigenvalue weighted by Crippen LogP contribution is 2.26. The molecule has 2 amide bonds. The molecule has 3 heterocycles. The molecule has 2 aliphatic rings. The summed E-state index contributed by atoms with van der Waals surface area (Å²) < 4.78 is 9.88. The number of amides is 2. The first-order valence-electron chi connectivity index (χ1n) is 4.98. The Labute approximate surface area is 95.5 Å². The van der Waals surface area contributed by atoms with E-state index >= 15 is 0 Å². The summed E-state index contributed by atoms with van der Waals surface area (Å²) in [5.74, 6) is 0.565. The number of nitrogens with one attached hydrogen (secondary N) is 1. The van der Waals surface area contributed by atoms with Crippen molar-refractivity contribution in [2.24, 2.45) is 0 Å². The van der Waals surface area contributed by atoms with Gasteiger partial charge < -0.3 is 14.8 Å². The molecular weight excluding hydrogens is 228 g/mol. The van der Waals surface area contributed by atoms with Crippen LogP contribution in [0.3, 0.4) is 0 Å². The van der Waals surface area contributed by atoms with E-state index in [1.165, 1.54) is 11.1 Å². The first-order valence-corrected chi connectivity index (χ1v) is 4.98. The fraction of sp³-hybridized carbons (Fsp3) is 0.333. The van der Waals surface area contributed by atoms with E-state index in [9.17, 15) is 9.59 Å². The van der Waals surface area contributed by atoms with Crippen molar-refractivity contribution in [3.05, 3.63) is 6.20 Å². The van der Waals surface area contributed by atoms with Crippen LogP contribution in [0.2, 0.25) is 0 Å². The zero-order chi connectivity index (χ0) is 11.8. The summed E-state index contributed by atoms with van der Waals surface area (Å²) >= 11 is 0. The maximum Gasteiger partial charge on any atom is 0.416 e. The summed E-state index contributed by atoms with van der Waals surface area (Å²) in [6.45, 7) is 0.649. The van der Waals surface area contributed by atoms with Gasteiger partial charge in [-0.2, -0.15) is 4.98 Å². The molecule has 17 heavy (non-hydrogen) atoms. The van der Waals surface area contributed by atoms with Crippen LogP contribution >= 0.6 is 0 Å². The largest absolute Gasteiger partial charge is 0.478 e. The van der Waals surface area contributed by atoms with E-state index in [-0.39, 0.29) is 24.3 Å². The van der Waals surface area contributed by atoms with Gasteiger partial charge in [0.1, 0.15) is 6.61 Å².